The highest BCUT2D eigenvalue weighted by Gasteiger charge is 2.23. The van der Waals surface area contributed by atoms with Crippen LogP contribution < -0.4 is 10.3 Å². The number of fused-ring (bicyclic) bond motifs is 1. The van der Waals surface area contributed by atoms with Crippen LogP contribution in [-0.2, 0) is 17.7 Å². The molecule has 0 aliphatic rings. The fourth-order valence-corrected chi connectivity index (χ4v) is 4.37. The van der Waals surface area contributed by atoms with Crippen LogP contribution in [0.1, 0.15) is 32.2 Å². The van der Waals surface area contributed by atoms with Crippen molar-refractivity contribution in [3.63, 3.8) is 0 Å². The lowest BCUT2D eigenvalue weighted by Gasteiger charge is -2.19. The van der Waals surface area contributed by atoms with Crippen LogP contribution in [0.25, 0.3) is 33.5 Å². The van der Waals surface area contributed by atoms with Crippen molar-refractivity contribution in [2.45, 2.75) is 33.7 Å². The Balaban J connectivity index is 1.52. The maximum absolute atomic E-state index is 13.0. The third kappa shape index (κ3) is 5.32. The van der Waals surface area contributed by atoms with Crippen molar-refractivity contribution in [3.05, 3.63) is 70.3 Å². The monoisotopic (exact) mass is 514 g/mol. The van der Waals surface area contributed by atoms with Gasteiger partial charge in [0.15, 0.2) is 5.52 Å². The fraction of sp³-hybridized carbons (Fsp3) is 0.333. The molecule has 2 N–H and O–H groups in total. The number of aromatic nitrogens is 8. The minimum absolute atomic E-state index is 0.0425. The summed E-state index contributed by atoms with van der Waals surface area (Å²) in [5.74, 6) is 1.63. The molecule has 0 atom stereocenters. The number of imidazole rings is 1. The molecule has 3 aromatic heterocycles. The van der Waals surface area contributed by atoms with Crippen LogP contribution in [0, 0.1) is 5.41 Å². The first-order valence-electron chi connectivity index (χ1n) is 12.4. The van der Waals surface area contributed by atoms with Gasteiger partial charge in [0, 0.05) is 25.6 Å². The molecule has 11 nitrogen and oxygen atoms in total. The summed E-state index contributed by atoms with van der Waals surface area (Å²) in [6.45, 7) is 7.61. The van der Waals surface area contributed by atoms with Gasteiger partial charge in [0.2, 0.25) is 5.82 Å². The SMILES string of the molecule is COCCOc1n[nH]c(=O)c2c1nc(CC(C)(C)C)n2Cc1ccc(-c2ccccc2-c2nn[nH]n2)cc1. The second-order valence-corrected chi connectivity index (χ2v) is 10.2. The standard InChI is InChI=1S/C27H30N8O3/c1-27(2,3)15-21-28-22-23(25(36)31-32-26(22)38-14-13-37-4)35(21)16-17-9-11-18(12-10-17)19-7-5-6-8-20(19)24-29-33-34-30-24/h5-12H,13-16H2,1-4H3,(H,31,36)(H,29,30,33,34). The molecular formula is C27H30N8O3. The number of H-pyrrole nitrogens is 2. The van der Waals surface area contributed by atoms with Crippen LogP contribution in [0.5, 0.6) is 5.88 Å². The summed E-state index contributed by atoms with van der Waals surface area (Å²) in [5, 5.41) is 21.1. The Kier molecular flexibility index (Phi) is 7.01. The van der Waals surface area contributed by atoms with Crippen LogP contribution in [0.4, 0.5) is 0 Å². The second kappa shape index (κ2) is 10.5. The van der Waals surface area contributed by atoms with E-state index >= 15 is 0 Å². The number of tetrazole rings is 1. The third-order valence-corrected chi connectivity index (χ3v) is 6.06. The second-order valence-electron chi connectivity index (χ2n) is 10.2. The van der Waals surface area contributed by atoms with E-state index in [-0.39, 0.29) is 11.0 Å². The van der Waals surface area contributed by atoms with E-state index in [4.69, 9.17) is 14.5 Å². The molecule has 0 radical (unpaired) electrons. The number of nitrogens with one attached hydrogen (secondary N) is 2. The summed E-state index contributed by atoms with van der Waals surface area (Å²) < 4.78 is 12.8. The van der Waals surface area contributed by atoms with Crippen molar-refractivity contribution >= 4 is 11.0 Å². The minimum atomic E-state index is -0.308. The highest BCUT2D eigenvalue weighted by atomic mass is 16.5. The van der Waals surface area contributed by atoms with E-state index in [1.165, 1.54) is 0 Å². The Morgan fingerprint density at radius 3 is 2.42 bits per heavy atom. The van der Waals surface area contributed by atoms with Crippen LogP contribution >= 0.6 is 0 Å². The number of ether oxygens (including phenoxy) is 2. The van der Waals surface area contributed by atoms with Crippen molar-refractivity contribution in [2.24, 2.45) is 5.41 Å². The van der Waals surface area contributed by atoms with Gasteiger partial charge < -0.3 is 14.0 Å². The zero-order valence-electron chi connectivity index (χ0n) is 21.9. The molecule has 0 aliphatic heterocycles. The van der Waals surface area contributed by atoms with Gasteiger partial charge in [-0.15, -0.1) is 15.3 Å². The molecule has 11 heteroatoms. The molecule has 0 bridgehead atoms. The van der Waals surface area contributed by atoms with Gasteiger partial charge in [0.25, 0.3) is 11.4 Å². The van der Waals surface area contributed by atoms with Gasteiger partial charge in [-0.05, 0) is 27.3 Å². The summed E-state index contributed by atoms with van der Waals surface area (Å²) >= 11 is 0. The van der Waals surface area contributed by atoms with E-state index in [9.17, 15) is 4.79 Å². The lowest BCUT2D eigenvalue weighted by Crippen LogP contribution is -2.18. The molecule has 2 aromatic carbocycles. The average Bonchev–Trinajstić information content (AvgIpc) is 3.55. The van der Waals surface area contributed by atoms with Gasteiger partial charge in [-0.3, -0.25) is 4.79 Å². The van der Waals surface area contributed by atoms with Crippen molar-refractivity contribution in [2.75, 3.05) is 20.3 Å². The molecule has 0 amide bonds. The lowest BCUT2D eigenvalue weighted by atomic mass is 9.92. The Hall–Kier alpha value is -4.38. The van der Waals surface area contributed by atoms with E-state index in [2.05, 4.69) is 75.9 Å². The van der Waals surface area contributed by atoms with Crippen LogP contribution in [0.3, 0.4) is 0 Å². The van der Waals surface area contributed by atoms with E-state index in [1.54, 1.807) is 7.11 Å². The number of rotatable bonds is 9. The van der Waals surface area contributed by atoms with Crippen molar-refractivity contribution in [1.29, 1.82) is 0 Å². The maximum Gasteiger partial charge on any atom is 0.290 e. The largest absolute Gasteiger partial charge is 0.473 e. The lowest BCUT2D eigenvalue weighted by molar-refractivity contribution is 0.144. The Bertz CT molecular complexity index is 1580. The Labute approximate surface area is 219 Å². The first kappa shape index (κ1) is 25.3. The van der Waals surface area contributed by atoms with Crippen molar-refractivity contribution in [1.82, 2.24) is 40.4 Å². The van der Waals surface area contributed by atoms with Gasteiger partial charge in [-0.25, -0.2) is 10.1 Å². The number of hydrogen-bond donors (Lipinski definition) is 2. The normalized spacial score (nSPS) is 11.8. The fourth-order valence-electron chi connectivity index (χ4n) is 4.37. The van der Waals surface area contributed by atoms with Gasteiger partial charge in [0.05, 0.1) is 6.61 Å². The predicted molar refractivity (Wildman–Crippen MR) is 143 cm³/mol. The maximum atomic E-state index is 13.0. The van der Waals surface area contributed by atoms with Gasteiger partial charge in [-0.2, -0.15) is 5.21 Å². The number of nitrogens with zero attached hydrogens (tertiary/aromatic N) is 6. The average molecular weight is 515 g/mol. The number of methoxy groups -OCH3 is 1. The van der Waals surface area contributed by atoms with Gasteiger partial charge in [-0.1, -0.05) is 69.3 Å². The molecule has 5 aromatic rings. The molecule has 0 saturated heterocycles. The molecule has 196 valence electrons. The summed E-state index contributed by atoms with van der Waals surface area (Å²) in [6.07, 6.45) is 0.675. The van der Waals surface area contributed by atoms with Crippen molar-refractivity contribution < 1.29 is 9.47 Å². The predicted octanol–water partition coefficient (Wildman–Crippen LogP) is 3.63. The number of aromatic amines is 2. The summed E-state index contributed by atoms with van der Waals surface area (Å²) in [6, 6.07) is 16.2. The molecule has 5 rings (SSSR count). The minimum Gasteiger partial charge on any atom is -0.473 e. The third-order valence-electron chi connectivity index (χ3n) is 6.06. The van der Waals surface area contributed by atoms with Crippen LogP contribution in [0.15, 0.2) is 53.3 Å². The van der Waals surface area contributed by atoms with E-state index < -0.39 is 0 Å². The highest BCUT2D eigenvalue weighted by molar-refractivity contribution is 5.81. The van der Waals surface area contributed by atoms with Crippen LogP contribution in [0.2, 0.25) is 0 Å². The molecule has 0 saturated carbocycles. The van der Waals surface area contributed by atoms with E-state index in [0.29, 0.717) is 48.9 Å². The highest BCUT2D eigenvalue weighted by Crippen LogP contribution is 2.31. The first-order chi connectivity index (χ1) is 18.3. The molecule has 0 fully saturated rings. The zero-order chi connectivity index (χ0) is 26.7. The first-order valence-corrected chi connectivity index (χ1v) is 12.4. The van der Waals surface area contributed by atoms with Gasteiger partial charge in [0.1, 0.15) is 17.9 Å². The number of benzene rings is 2. The van der Waals surface area contributed by atoms with E-state index in [1.807, 2.05) is 28.8 Å². The number of hydrogen-bond acceptors (Lipinski definition) is 8. The topological polar surface area (TPSA) is 136 Å². The molecular weight excluding hydrogens is 484 g/mol. The van der Waals surface area contributed by atoms with E-state index in [0.717, 1.165) is 28.1 Å². The molecule has 0 unspecified atom stereocenters. The smallest absolute Gasteiger partial charge is 0.290 e. The van der Waals surface area contributed by atoms with Crippen molar-refractivity contribution in [3.8, 4) is 28.4 Å². The molecule has 0 aliphatic carbocycles. The molecule has 38 heavy (non-hydrogen) atoms. The van der Waals surface area contributed by atoms with Gasteiger partial charge >= 0.3 is 0 Å². The zero-order valence-corrected chi connectivity index (χ0v) is 21.9. The van der Waals surface area contributed by atoms with Crippen LogP contribution in [-0.4, -0.2) is 60.7 Å². The summed E-state index contributed by atoms with van der Waals surface area (Å²) in [7, 11) is 1.60. The summed E-state index contributed by atoms with van der Waals surface area (Å²) in [5.41, 5.74) is 4.49. The molecule has 0 spiro atoms. The quantitative estimate of drug-likeness (QED) is 0.285. The Morgan fingerprint density at radius 1 is 0.974 bits per heavy atom. The molecule has 3 heterocycles. The summed E-state index contributed by atoms with van der Waals surface area (Å²) in [4.78, 5) is 17.8. The Morgan fingerprint density at radius 2 is 1.74 bits per heavy atom.